The highest BCUT2D eigenvalue weighted by atomic mass is 35.5. The van der Waals surface area contributed by atoms with E-state index in [2.05, 4.69) is 5.32 Å². The molecule has 0 amide bonds. The van der Waals surface area contributed by atoms with Gasteiger partial charge < -0.3 is 5.32 Å². The number of halogens is 2. The van der Waals surface area contributed by atoms with Gasteiger partial charge in [-0.2, -0.15) is 0 Å². The second-order valence-electron chi connectivity index (χ2n) is 4.84. The van der Waals surface area contributed by atoms with Crippen LogP contribution in [0, 0.1) is 11.2 Å². The molecule has 98 valence electrons. The van der Waals surface area contributed by atoms with Gasteiger partial charge in [0.05, 0.1) is 5.02 Å². The standard InChI is InChI=1S/C14H17ClFNO/c1-2-14(5-7-17-8-6-14)13(18)11-9-10(16)3-4-12(11)15/h3-4,9,17H,2,5-8H2,1H3. The van der Waals surface area contributed by atoms with Crippen LogP contribution in [0.3, 0.4) is 0 Å². The molecular formula is C14H17ClFNO. The van der Waals surface area contributed by atoms with Gasteiger partial charge in [-0.25, -0.2) is 4.39 Å². The average Bonchev–Trinajstić information content (AvgIpc) is 2.41. The topological polar surface area (TPSA) is 29.1 Å². The Hall–Kier alpha value is -0.930. The third kappa shape index (κ3) is 2.43. The second kappa shape index (κ2) is 5.37. The molecule has 1 aromatic rings. The monoisotopic (exact) mass is 269 g/mol. The summed E-state index contributed by atoms with van der Waals surface area (Å²) >= 11 is 6.03. The molecule has 0 aliphatic carbocycles. The van der Waals surface area contributed by atoms with Crippen molar-refractivity contribution >= 4 is 17.4 Å². The Morgan fingerprint density at radius 2 is 2.11 bits per heavy atom. The van der Waals surface area contributed by atoms with Gasteiger partial charge in [-0.3, -0.25) is 4.79 Å². The Bertz CT molecular complexity index is 455. The lowest BCUT2D eigenvalue weighted by Gasteiger charge is -2.35. The van der Waals surface area contributed by atoms with E-state index < -0.39 is 5.82 Å². The fourth-order valence-electron chi connectivity index (χ4n) is 2.60. The molecule has 1 aliphatic heterocycles. The Kier molecular flexibility index (Phi) is 4.03. The van der Waals surface area contributed by atoms with Crippen molar-refractivity contribution < 1.29 is 9.18 Å². The molecule has 1 saturated heterocycles. The summed E-state index contributed by atoms with van der Waals surface area (Å²) < 4.78 is 13.3. The van der Waals surface area contributed by atoms with Crippen LogP contribution >= 0.6 is 11.6 Å². The predicted octanol–water partition coefficient (Wildman–Crippen LogP) is 3.44. The van der Waals surface area contributed by atoms with Gasteiger partial charge in [0.25, 0.3) is 0 Å². The Morgan fingerprint density at radius 1 is 1.44 bits per heavy atom. The molecule has 1 heterocycles. The van der Waals surface area contributed by atoms with Crippen molar-refractivity contribution in [2.75, 3.05) is 13.1 Å². The lowest BCUT2D eigenvalue weighted by Crippen LogP contribution is -2.42. The highest BCUT2D eigenvalue weighted by Gasteiger charge is 2.38. The average molecular weight is 270 g/mol. The first-order chi connectivity index (χ1) is 8.59. The van der Waals surface area contributed by atoms with Crippen molar-refractivity contribution in [2.45, 2.75) is 26.2 Å². The molecule has 18 heavy (non-hydrogen) atoms. The molecule has 0 bridgehead atoms. The summed E-state index contributed by atoms with van der Waals surface area (Å²) in [5.74, 6) is -0.432. The molecule has 0 unspecified atom stereocenters. The molecule has 1 N–H and O–H groups in total. The first kappa shape index (κ1) is 13.5. The van der Waals surface area contributed by atoms with Crippen LogP contribution in [-0.4, -0.2) is 18.9 Å². The van der Waals surface area contributed by atoms with Gasteiger partial charge in [0, 0.05) is 11.0 Å². The van der Waals surface area contributed by atoms with E-state index in [0.29, 0.717) is 10.6 Å². The van der Waals surface area contributed by atoms with E-state index in [0.717, 1.165) is 32.4 Å². The zero-order valence-electron chi connectivity index (χ0n) is 10.4. The summed E-state index contributed by atoms with van der Waals surface area (Å²) in [5, 5.41) is 3.59. The third-order valence-corrected chi connectivity index (χ3v) is 4.22. The van der Waals surface area contributed by atoms with Gasteiger partial charge >= 0.3 is 0 Å². The van der Waals surface area contributed by atoms with Crippen molar-refractivity contribution in [3.05, 3.63) is 34.6 Å². The number of nitrogens with one attached hydrogen (secondary N) is 1. The number of Topliss-reactive ketones (excluding diaryl/α,β-unsaturated/α-hetero) is 1. The van der Waals surface area contributed by atoms with Crippen molar-refractivity contribution in [3.8, 4) is 0 Å². The molecule has 0 spiro atoms. The maximum atomic E-state index is 13.3. The molecule has 2 nitrogen and oxygen atoms in total. The van der Waals surface area contributed by atoms with Gasteiger partial charge in [0.15, 0.2) is 5.78 Å². The van der Waals surface area contributed by atoms with E-state index in [9.17, 15) is 9.18 Å². The van der Waals surface area contributed by atoms with Crippen molar-refractivity contribution in [2.24, 2.45) is 5.41 Å². The predicted molar refractivity (Wildman–Crippen MR) is 70.6 cm³/mol. The molecule has 0 atom stereocenters. The molecule has 0 saturated carbocycles. The van der Waals surface area contributed by atoms with Gasteiger partial charge in [0.2, 0.25) is 0 Å². The van der Waals surface area contributed by atoms with E-state index in [1.165, 1.54) is 18.2 Å². The number of carbonyl (C=O) groups excluding carboxylic acids is 1. The molecule has 2 rings (SSSR count). The SMILES string of the molecule is CCC1(C(=O)c2cc(F)ccc2Cl)CCNCC1. The first-order valence-corrected chi connectivity index (χ1v) is 6.67. The summed E-state index contributed by atoms with van der Waals surface area (Å²) in [6.07, 6.45) is 2.34. The van der Waals surface area contributed by atoms with Crippen molar-refractivity contribution in [3.63, 3.8) is 0 Å². The smallest absolute Gasteiger partial charge is 0.170 e. The number of hydrogen-bond donors (Lipinski definition) is 1. The highest BCUT2D eigenvalue weighted by molar-refractivity contribution is 6.34. The number of rotatable bonds is 3. The van der Waals surface area contributed by atoms with E-state index in [4.69, 9.17) is 11.6 Å². The van der Waals surface area contributed by atoms with Crippen molar-refractivity contribution in [1.29, 1.82) is 0 Å². The van der Waals surface area contributed by atoms with Crippen LogP contribution in [0.5, 0.6) is 0 Å². The summed E-state index contributed by atoms with van der Waals surface area (Å²) in [5.41, 5.74) is -0.0664. The van der Waals surface area contributed by atoms with Gasteiger partial charge in [-0.05, 0) is 50.6 Å². The molecule has 1 aliphatic rings. The Balaban J connectivity index is 2.36. The fraction of sp³-hybridized carbons (Fsp3) is 0.500. The molecule has 0 aromatic heterocycles. The fourth-order valence-corrected chi connectivity index (χ4v) is 2.81. The van der Waals surface area contributed by atoms with Crippen LogP contribution in [0.25, 0.3) is 0 Å². The molecular weight excluding hydrogens is 253 g/mol. The number of benzene rings is 1. The summed E-state index contributed by atoms with van der Waals surface area (Å²) in [7, 11) is 0. The largest absolute Gasteiger partial charge is 0.317 e. The summed E-state index contributed by atoms with van der Waals surface area (Å²) in [6.45, 7) is 3.66. The van der Waals surface area contributed by atoms with Crippen LogP contribution in [0.4, 0.5) is 4.39 Å². The van der Waals surface area contributed by atoms with E-state index in [1.54, 1.807) is 0 Å². The minimum Gasteiger partial charge on any atom is -0.317 e. The maximum Gasteiger partial charge on any atom is 0.170 e. The first-order valence-electron chi connectivity index (χ1n) is 6.29. The maximum absolute atomic E-state index is 13.3. The molecule has 0 radical (unpaired) electrons. The summed E-state index contributed by atoms with van der Waals surface area (Å²) in [6, 6.07) is 3.98. The second-order valence-corrected chi connectivity index (χ2v) is 5.24. The number of hydrogen-bond acceptors (Lipinski definition) is 2. The highest BCUT2D eigenvalue weighted by Crippen LogP contribution is 2.37. The van der Waals surface area contributed by atoms with Crippen LogP contribution in [0.15, 0.2) is 18.2 Å². The minimum absolute atomic E-state index is 0.0176. The minimum atomic E-state index is -0.414. The molecule has 1 fully saturated rings. The quantitative estimate of drug-likeness (QED) is 0.852. The van der Waals surface area contributed by atoms with Gasteiger partial charge in [-0.15, -0.1) is 0 Å². The van der Waals surface area contributed by atoms with Gasteiger partial charge in [0.1, 0.15) is 5.82 Å². The molecule has 4 heteroatoms. The lowest BCUT2D eigenvalue weighted by molar-refractivity contribution is 0.0717. The number of piperidine rings is 1. The van der Waals surface area contributed by atoms with Crippen LogP contribution in [-0.2, 0) is 0 Å². The number of ketones is 1. The van der Waals surface area contributed by atoms with E-state index in [1.807, 2.05) is 6.92 Å². The van der Waals surface area contributed by atoms with Crippen LogP contribution in [0.1, 0.15) is 36.5 Å². The third-order valence-electron chi connectivity index (χ3n) is 3.89. The summed E-state index contributed by atoms with van der Waals surface area (Å²) in [4.78, 5) is 12.6. The van der Waals surface area contributed by atoms with Crippen LogP contribution < -0.4 is 5.32 Å². The van der Waals surface area contributed by atoms with Crippen molar-refractivity contribution in [1.82, 2.24) is 5.32 Å². The Labute approximate surface area is 112 Å². The lowest BCUT2D eigenvalue weighted by atomic mass is 9.71. The van der Waals surface area contributed by atoms with E-state index >= 15 is 0 Å². The zero-order chi connectivity index (χ0) is 13.2. The molecule has 1 aromatic carbocycles. The van der Waals surface area contributed by atoms with Gasteiger partial charge in [-0.1, -0.05) is 18.5 Å². The normalized spacial score (nSPS) is 18.6. The van der Waals surface area contributed by atoms with Crippen LogP contribution in [0.2, 0.25) is 5.02 Å². The Morgan fingerprint density at radius 3 is 2.72 bits per heavy atom. The zero-order valence-corrected chi connectivity index (χ0v) is 11.2. The number of carbonyl (C=O) groups is 1. The van der Waals surface area contributed by atoms with E-state index in [-0.39, 0.29) is 11.2 Å².